The zero-order chi connectivity index (χ0) is 14.5. The molecule has 0 aliphatic heterocycles. The first-order valence-corrected chi connectivity index (χ1v) is 7.28. The van der Waals surface area contributed by atoms with Gasteiger partial charge in [-0.05, 0) is 30.7 Å². The van der Waals surface area contributed by atoms with E-state index in [0.29, 0.717) is 5.56 Å². The van der Waals surface area contributed by atoms with E-state index in [9.17, 15) is 9.50 Å². The van der Waals surface area contributed by atoms with Gasteiger partial charge in [0.1, 0.15) is 5.82 Å². The second-order valence-corrected chi connectivity index (χ2v) is 5.62. The van der Waals surface area contributed by atoms with Crippen molar-refractivity contribution in [2.45, 2.75) is 19.0 Å². The van der Waals surface area contributed by atoms with E-state index >= 15 is 0 Å². The Morgan fingerprint density at radius 3 is 2.55 bits per heavy atom. The molecular formula is C16H17BrFNO. The minimum absolute atomic E-state index is 0.0377. The molecule has 0 bridgehead atoms. The summed E-state index contributed by atoms with van der Waals surface area (Å²) in [7, 11) is 0. The van der Waals surface area contributed by atoms with E-state index in [1.165, 1.54) is 6.07 Å². The summed E-state index contributed by atoms with van der Waals surface area (Å²) < 4.78 is 14.7. The molecule has 106 valence electrons. The van der Waals surface area contributed by atoms with E-state index in [2.05, 4.69) is 21.2 Å². The van der Waals surface area contributed by atoms with Gasteiger partial charge in [-0.1, -0.05) is 46.3 Å². The molecule has 0 heterocycles. The Hall–Kier alpha value is -1.23. The summed E-state index contributed by atoms with van der Waals surface area (Å²) >= 11 is 3.35. The highest BCUT2D eigenvalue weighted by molar-refractivity contribution is 9.10. The van der Waals surface area contributed by atoms with Crippen LogP contribution in [0.5, 0.6) is 0 Å². The Bertz CT molecular complexity index is 562. The quantitative estimate of drug-likeness (QED) is 0.865. The predicted octanol–water partition coefficient (Wildman–Crippen LogP) is 3.97. The minimum atomic E-state index is -0.252. The average Bonchev–Trinajstić information content (AvgIpc) is 2.48. The van der Waals surface area contributed by atoms with Gasteiger partial charge in [-0.2, -0.15) is 0 Å². The van der Waals surface area contributed by atoms with Crippen LogP contribution in [0.4, 0.5) is 4.39 Å². The fourth-order valence-electron chi connectivity index (χ4n) is 2.18. The van der Waals surface area contributed by atoms with Crippen molar-refractivity contribution in [3.05, 3.63) is 69.9 Å². The van der Waals surface area contributed by atoms with Gasteiger partial charge in [0, 0.05) is 16.1 Å². The lowest BCUT2D eigenvalue weighted by atomic mass is 10.0. The van der Waals surface area contributed by atoms with E-state index in [0.717, 1.165) is 10.0 Å². The maximum atomic E-state index is 13.9. The summed E-state index contributed by atoms with van der Waals surface area (Å²) in [6.07, 6.45) is 0. The lowest BCUT2D eigenvalue weighted by Gasteiger charge is -2.23. The molecule has 2 nitrogen and oxygen atoms in total. The molecule has 2 N–H and O–H groups in total. The molecule has 0 saturated carbocycles. The largest absolute Gasteiger partial charge is 0.394 e. The SMILES string of the molecule is CC(N[C@H](CO)c1ccccc1)c1cc(Br)ccc1F. The molecule has 0 saturated heterocycles. The third kappa shape index (κ3) is 3.66. The van der Waals surface area contributed by atoms with Gasteiger partial charge >= 0.3 is 0 Å². The van der Waals surface area contributed by atoms with Gasteiger partial charge in [0.25, 0.3) is 0 Å². The summed E-state index contributed by atoms with van der Waals surface area (Å²) in [5.74, 6) is -0.252. The normalized spacial score (nSPS) is 14.0. The molecule has 0 amide bonds. The number of halogens is 2. The van der Waals surface area contributed by atoms with E-state index in [4.69, 9.17) is 0 Å². The lowest BCUT2D eigenvalue weighted by molar-refractivity contribution is 0.234. The summed E-state index contributed by atoms with van der Waals surface area (Å²) in [4.78, 5) is 0. The summed E-state index contributed by atoms with van der Waals surface area (Å²) in [5, 5.41) is 12.8. The van der Waals surface area contributed by atoms with Crippen LogP contribution in [0.25, 0.3) is 0 Å². The molecule has 2 rings (SSSR count). The highest BCUT2D eigenvalue weighted by atomic mass is 79.9. The van der Waals surface area contributed by atoms with E-state index in [-0.39, 0.29) is 24.5 Å². The monoisotopic (exact) mass is 337 g/mol. The summed E-state index contributed by atoms with van der Waals surface area (Å²) in [5.41, 5.74) is 1.56. The van der Waals surface area contributed by atoms with Crippen LogP contribution in [0, 0.1) is 5.82 Å². The fourth-order valence-corrected chi connectivity index (χ4v) is 2.56. The molecule has 0 radical (unpaired) electrons. The lowest BCUT2D eigenvalue weighted by Crippen LogP contribution is -2.27. The number of benzene rings is 2. The standard InChI is InChI=1S/C16H17BrFNO/c1-11(14-9-13(17)7-8-15(14)18)19-16(10-20)12-5-3-2-4-6-12/h2-9,11,16,19-20H,10H2,1H3/t11?,16-/m1/s1. The molecule has 2 aromatic rings. The maximum absolute atomic E-state index is 13.9. The van der Waals surface area contributed by atoms with Gasteiger partial charge in [0.15, 0.2) is 0 Å². The van der Waals surface area contributed by atoms with Gasteiger partial charge < -0.3 is 10.4 Å². The van der Waals surface area contributed by atoms with Crippen LogP contribution in [0.1, 0.15) is 30.1 Å². The Labute approximate surface area is 126 Å². The van der Waals surface area contributed by atoms with Gasteiger partial charge in [-0.15, -0.1) is 0 Å². The van der Waals surface area contributed by atoms with Crippen molar-refractivity contribution in [2.24, 2.45) is 0 Å². The molecule has 20 heavy (non-hydrogen) atoms. The minimum Gasteiger partial charge on any atom is -0.394 e. The fraction of sp³-hybridized carbons (Fsp3) is 0.250. The molecule has 2 aromatic carbocycles. The number of hydrogen-bond donors (Lipinski definition) is 2. The summed E-state index contributed by atoms with van der Waals surface area (Å²) in [6, 6.07) is 14.1. The second-order valence-electron chi connectivity index (χ2n) is 4.70. The Morgan fingerprint density at radius 1 is 1.20 bits per heavy atom. The third-order valence-electron chi connectivity index (χ3n) is 3.26. The van der Waals surface area contributed by atoms with Gasteiger partial charge in [0.05, 0.1) is 12.6 Å². The molecule has 1 unspecified atom stereocenters. The van der Waals surface area contributed by atoms with Crippen molar-refractivity contribution in [2.75, 3.05) is 6.61 Å². The average molecular weight is 338 g/mol. The molecule has 0 spiro atoms. The molecule has 4 heteroatoms. The second kappa shape index (κ2) is 6.97. The summed E-state index contributed by atoms with van der Waals surface area (Å²) in [6.45, 7) is 1.85. The molecule has 2 atom stereocenters. The van der Waals surface area contributed by atoms with Crippen molar-refractivity contribution in [1.82, 2.24) is 5.32 Å². The first-order valence-electron chi connectivity index (χ1n) is 6.48. The number of hydrogen-bond acceptors (Lipinski definition) is 2. The Morgan fingerprint density at radius 2 is 1.90 bits per heavy atom. The highest BCUT2D eigenvalue weighted by Gasteiger charge is 2.17. The van der Waals surface area contributed by atoms with Crippen molar-refractivity contribution in [3.8, 4) is 0 Å². The first kappa shape index (κ1) is 15.2. The van der Waals surface area contributed by atoms with Crippen LogP contribution in [-0.4, -0.2) is 11.7 Å². The van der Waals surface area contributed by atoms with Crippen LogP contribution < -0.4 is 5.32 Å². The zero-order valence-electron chi connectivity index (χ0n) is 11.2. The number of aliphatic hydroxyl groups is 1. The van der Waals surface area contributed by atoms with E-state index in [1.54, 1.807) is 12.1 Å². The maximum Gasteiger partial charge on any atom is 0.128 e. The van der Waals surface area contributed by atoms with Gasteiger partial charge in [-0.3, -0.25) is 0 Å². The van der Waals surface area contributed by atoms with Crippen LogP contribution in [-0.2, 0) is 0 Å². The first-order chi connectivity index (χ1) is 9.61. The van der Waals surface area contributed by atoms with Crippen molar-refractivity contribution < 1.29 is 9.50 Å². The van der Waals surface area contributed by atoms with Crippen LogP contribution >= 0.6 is 15.9 Å². The van der Waals surface area contributed by atoms with Crippen molar-refractivity contribution in [1.29, 1.82) is 0 Å². The smallest absolute Gasteiger partial charge is 0.128 e. The topological polar surface area (TPSA) is 32.3 Å². The van der Waals surface area contributed by atoms with Crippen molar-refractivity contribution in [3.63, 3.8) is 0 Å². The molecule has 0 aromatic heterocycles. The molecular weight excluding hydrogens is 321 g/mol. The van der Waals surface area contributed by atoms with Crippen LogP contribution in [0.15, 0.2) is 53.0 Å². The van der Waals surface area contributed by atoms with Crippen molar-refractivity contribution >= 4 is 15.9 Å². The van der Waals surface area contributed by atoms with Crippen LogP contribution in [0.3, 0.4) is 0 Å². The third-order valence-corrected chi connectivity index (χ3v) is 3.75. The molecule has 0 fully saturated rings. The van der Waals surface area contributed by atoms with E-state index < -0.39 is 0 Å². The van der Waals surface area contributed by atoms with Gasteiger partial charge in [0.2, 0.25) is 0 Å². The molecule has 0 aliphatic carbocycles. The highest BCUT2D eigenvalue weighted by Crippen LogP contribution is 2.24. The van der Waals surface area contributed by atoms with Gasteiger partial charge in [-0.25, -0.2) is 4.39 Å². The Kier molecular flexibility index (Phi) is 5.29. The Balaban J connectivity index is 2.17. The van der Waals surface area contributed by atoms with E-state index in [1.807, 2.05) is 37.3 Å². The predicted molar refractivity (Wildman–Crippen MR) is 81.9 cm³/mol. The van der Waals surface area contributed by atoms with Crippen LogP contribution in [0.2, 0.25) is 0 Å². The zero-order valence-corrected chi connectivity index (χ0v) is 12.8. The number of nitrogens with one attached hydrogen (secondary N) is 1. The number of aliphatic hydroxyl groups excluding tert-OH is 1. The number of rotatable bonds is 5. The molecule has 0 aliphatic rings.